The van der Waals surface area contributed by atoms with Crippen molar-refractivity contribution in [1.29, 1.82) is 0 Å². The molecule has 1 unspecified atom stereocenters. The highest BCUT2D eigenvalue weighted by molar-refractivity contribution is 5.75. The first-order valence-electron chi connectivity index (χ1n) is 6.56. The highest BCUT2D eigenvalue weighted by Crippen LogP contribution is 2.16. The minimum absolute atomic E-state index is 0.143. The van der Waals surface area contributed by atoms with E-state index in [2.05, 4.69) is 35.6 Å². The van der Waals surface area contributed by atoms with E-state index in [0.717, 1.165) is 30.7 Å². The van der Waals surface area contributed by atoms with E-state index in [-0.39, 0.29) is 6.10 Å². The quantitative estimate of drug-likeness (QED) is 0.853. The lowest BCUT2D eigenvalue weighted by Gasteiger charge is -2.22. The molecule has 0 amide bonds. The lowest BCUT2D eigenvalue weighted by atomic mass is 10.3. The molecule has 0 aliphatic carbocycles. The van der Waals surface area contributed by atoms with Gasteiger partial charge in [-0.25, -0.2) is 0 Å². The maximum absolute atomic E-state index is 5.85. The minimum Gasteiger partial charge on any atom is -0.473 e. The highest BCUT2D eigenvalue weighted by atomic mass is 16.5. The third-order valence-corrected chi connectivity index (χ3v) is 3.12. The van der Waals surface area contributed by atoms with Gasteiger partial charge in [0.15, 0.2) is 0 Å². The summed E-state index contributed by atoms with van der Waals surface area (Å²) >= 11 is 0. The van der Waals surface area contributed by atoms with Gasteiger partial charge in [0.25, 0.3) is 0 Å². The van der Waals surface area contributed by atoms with Crippen molar-refractivity contribution in [2.24, 2.45) is 0 Å². The number of aromatic amines is 1. The van der Waals surface area contributed by atoms with E-state index in [1.807, 2.05) is 24.4 Å². The molecule has 0 saturated heterocycles. The minimum atomic E-state index is 0.143. The van der Waals surface area contributed by atoms with Crippen molar-refractivity contribution in [2.45, 2.75) is 26.9 Å². The highest BCUT2D eigenvalue weighted by Gasteiger charge is 2.09. The van der Waals surface area contributed by atoms with Crippen LogP contribution >= 0.6 is 0 Å². The van der Waals surface area contributed by atoms with Crippen molar-refractivity contribution in [3.8, 4) is 5.88 Å². The predicted molar refractivity (Wildman–Crippen MR) is 74.0 cm³/mol. The summed E-state index contributed by atoms with van der Waals surface area (Å²) in [6.07, 6.45) is 2.03. The van der Waals surface area contributed by atoms with Crippen molar-refractivity contribution < 1.29 is 4.74 Å². The van der Waals surface area contributed by atoms with Gasteiger partial charge in [-0.05, 0) is 32.1 Å². The van der Waals surface area contributed by atoms with Gasteiger partial charge < -0.3 is 14.6 Å². The first-order valence-corrected chi connectivity index (χ1v) is 6.56. The molecule has 1 atom stereocenters. The largest absolute Gasteiger partial charge is 0.473 e. The van der Waals surface area contributed by atoms with E-state index in [1.165, 1.54) is 0 Å². The van der Waals surface area contributed by atoms with Gasteiger partial charge in [0, 0.05) is 24.2 Å². The van der Waals surface area contributed by atoms with Gasteiger partial charge >= 0.3 is 0 Å². The molecule has 2 aromatic rings. The van der Waals surface area contributed by atoms with Gasteiger partial charge in [-0.2, -0.15) is 4.98 Å². The topological polar surface area (TPSA) is 41.1 Å². The van der Waals surface area contributed by atoms with Crippen molar-refractivity contribution >= 4 is 11.0 Å². The van der Waals surface area contributed by atoms with Crippen LogP contribution in [0, 0.1) is 0 Å². The zero-order chi connectivity index (χ0) is 13.0. The number of fused-ring (bicyclic) bond motifs is 1. The molecule has 18 heavy (non-hydrogen) atoms. The summed E-state index contributed by atoms with van der Waals surface area (Å²) in [5.74, 6) is 0.685. The molecule has 1 N–H and O–H groups in total. The fourth-order valence-corrected chi connectivity index (χ4v) is 2.07. The van der Waals surface area contributed by atoms with Crippen LogP contribution in [-0.4, -0.2) is 40.6 Å². The fourth-order valence-electron chi connectivity index (χ4n) is 2.07. The van der Waals surface area contributed by atoms with Crippen molar-refractivity contribution in [3.63, 3.8) is 0 Å². The van der Waals surface area contributed by atoms with E-state index in [4.69, 9.17) is 4.74 Å². The average Bonchev–Trinajstić information content (AvgIpc) is 2.83. The summed E-state index contributed by atoms with van der Waals surface area (Å²) < 4.78 is 5.85. The number of nitrogens with zero attached hydrogens (tertiary/aromatic N) is 2. The summed E-state index contributed by atoms with van der Waals surface area (Å²) in [6.45, 7) is 9.44. The number of hydrogen-bond donors (Lipinski definition) is 1. The maximum atomic E-state index is 5.85. The van der Waals surface area contributed by atoms with Crippen LogP contribution in [0.3, 0.4) is 0 Å². The molecule has 0 radical (unpaired) electrons. The summed E-state index contributed by atoms with van der Waals surface area (Å²) in [5, 5.41) is 1.11. The molecule has 0 aliphatic heterocycles. The van der Waals surface area contributed by atoms with Gasteiger partial charge in [-0.1, -0.05) is 13.8 Å². The van der Waals surface area contributed by atoms with E-state index < -0.39 is 0 Å². The third kappa shape index (κ3) is 3.01. The van der Waals surface area contributed by atoms with Gasteiger partial charge in [-0.3, -0.25) is 0 Å². The molecule has 0 bridgehead atoms. The van der Waals surface area contributed by atoms with Gasteiger partial charge in [-0.15, -0.1) is 0 Å². The predicted octanol–water partition coefficient (Wildman–Crippen LogP) is 2.67. The Kier molecular flexibility index (Phi) is 4.20. The number of pyridine rings is 1. The second-order valence-corrected chi connectivity index (χ2v) is 4.48. The van der Waals surface area contributed by atoms with E-state index >= 15 is 0 Å². The first kappa shape index (κ1) is 12.9. The van der Waals surface area contributed by atoms with Crippen LogP contribution in [0.1, 0.15) is 20.8 Å². The molecular weight excluding hydrogens is 226 g/mol. The molecule has 2 rings (SSSR count). The first-order chi connectivity index (χ1) is 8.72. The monoisotopic (exact) mass is 247 g/mol. The van der Waals surface area contributed by atoms with Crippen LogP contribution in [0.2, 0.25) is 0 Å². The fraction of sp³-hybridized carbons (Fsp3) is 0.500. The Hall–Kier alpha value is -1.55. The van der Waals surface area contributed by atoms with E-state index in [1.54, 1.807) is 0 Å². The molecule has 0 aromatic carbocycles. The molecule has 0 aliphatic rings. The van der Waals surface area contributed by atoms with Crippen LogP contribution in [0.15, 0.2) is 24.4 Å². The Morgan fingerprint density at radius 1 is 1.28 bits per heavy atom. The van der Waals surface area contributed by atoms with Crippen molar-refractivity contribution in [1.82, 2.24) is 14.9 Å². The number of likely N-dealkylation sites (N-methyl/N-ethyl adjacent to an activating group) is 1. The molecule has 0 spiro atoms. The Labute approximate surface area is 108 Å². The lowest BCUT2D eigenvalue weighted by molar-refractivity contribution is 0.148. The summed E-state index contributed by atoms with van der Waals surface area (Å²) in [6, 6.07) is 5.96. The third-order valence-electron chi connectivity index (χ3n) is 3.12. The zero-order valence-electron chi connectivity index (χ0n) is 11.3. The van der Waals surface area contributed by atoms with E-state index in [0.29, 0.717) is 5.88 Å². The summed E-state index contributed by atoms with van der Waals surface area (Å²) in [5.41, 5.74) is 0.877. The summed E-state index contributed by atoms with van der Waals surface area (Å²) in [7, 11) is 0. The molecule has 2 aromatic heterocycles. The molecule has 0 saturated carbocycles. The Bertz CT molecular complexity index is 490. The van der Waals surface area contributed by atoms with Crippen LogP contribution < -0.4 is 4.74 Å². The zero-order valence-corrected chi connectivity index (χ0v) is 11.3. The number of hydrogen-bond acceptors (Lipinski definition) is 3. The number of aromatic nitrogens is 2. The van der Waals surface area contributed by atoms with E-state index in [9.17, 15) is 0 Å². The van der Waals surface area contributed by atoms with Crippen LogP contribution in [0.5, 0.6) is 5.88 Å². The molecule has 0 fully saturated rings. The molecule has 4 nitrogen and oxygen atoms in total. The van der Waals surface area contributed by atoms with Crippen LogP contribution in [0.4, 0.5) is 0 Å². The Morgan fingerprint density at radius 3 is 2.78 bits per heavy atom. The van der Waals surface area contributed by atoms with Crippen molar-refractivity contribution in [3.05, 3.63) is 24.4 Å². The van der Waals surface area contributed by atoms with Crippen LogP contribution in [0.25, 0.3) is 11.0 Å². The van der Waals surface area contributed by atoms with Gasteiger partial charge in [0.05, 0.1) is 0 Å². The van der Waals surface area contributed by atoms with Crippen molar-refractivity contribution in [2.75, 3.05) is 19.6 Å². The molecule has 4 heteroatoms. The van der Waals surface area contributed by atoms with Gasteiger partial charge in [0.2, 0.25) is 5.88 Å². The standard InChI is InChI=1S/C14H21N3O/c1-4-17(5-2)10-11(3)18-13-7-6-12-8-9-15-14(12)16-13/h6-9,11H,4-5,10H2,1-3H3,(H,15,16). The maximum Gasteiger partial charge on any atom is 0.215 e. The SMILES string of the molecule is CCN(CC)CC(C)Oc1ccc2cc[nH]c2n1. The number of rotatable bonds is 6. The smallest absolute Gasteiger partial charge is 0.215 e. The molecule has 2 heterocycles. The number of ether oxygens (including phenoxy) is 1. The lowest BCUT2D eigenvalue weighted by Crippen LogP contribution is -2.33. The summed E-state index contributed by atoms with van der Waals surface area (Å²) in [4.78, 5) is 9.88. The second-order valence-electron chi connectivity index (χ2n) is 4.48. The van der Waals surface area contributed by atoms with Crippen LogP contribution in [-0.2, 0) is 0 Å². The number of H-pyrrole nitrogens is 1. The Balaban J connectivity index is 1.99. The molecular formula is C14H21N3O. The average molecular weight is 247 g/mol. The van der Waals surface area contributed by atoms with Gasteiger partial charge in [0.1, 0.15) is 11.8 Å². The Morgan fingerprint density at radius 2 is 2.06 bits per heavy atom. The second kappa shape index (κ2) is 5.87. The normalized spacial score (nSPS) is 13.1. The number of nitrogens with one attached hydrogen (secondary N) is 1. The molecule has 98 valence electrons.